The quantitative estimate of drug-likeness (QED) is 0.577. The van der Waals surface area contributed by atoms with Gasteiger partial charge in [-0.2, -0.15) is 0 Å². The second-order valence-corrected chi connectivity index (χ2v) is 6.08. The number of thioether (sulfide) groups is 1. The van der Waals surface area contributed by atoms with Crippen LogP contribution in [-0.2, 0) is 20.9 Å². The number of amides is 1. The van der Waals surface area contributed by atoms with Crippen molar-refractivity contribution in [2.24, 2.45) is 0 Å². The molecular weight excluding hydrogens is 345 g/mol. The molecule has 0 saturated carbocycles. The van der Waals surface area contributed by atoms with Gasteiger partial charge in [0.25, 0.3) is 5.91 Å². The first-order valence-corrected chi connectivity index (χ1v) is 8.49. The van der Waals surface area contributed by atoms with Gasteiger partial charge in [0.15, 0.2) is 6.61 Å². The van der Waals surface area contributed by atoms with Crippen LogP contribution in [0, 0.1) is 5.82 Å². The summed E-state index contributed by atoms with van der Waals surface area (Å²) in [6.45, 7) is -0.0968. The second-order valence-electron chi connectivity index (χ2n) is 5.03. The van der Waals surface area contributed by atoms with Crippen LogP contribution in [0.25, 0.3) is 0 Å². The fourth-order valence-electron chi connectivity index (χ4n) is 1.86. The molecule has 0 saturated heterocycles. The van der Waals surface area contributed by atoms with E-state index in [-0.39, 0.29) is 24.7 Å². The summed E-state index contributed by atoms with van der Waals surface area (Å²) >= 11 is 1.31. The predicted molar refractivity (Wildman–Crippen MR) is 92.9 cm³/mol. The van der Waals surface area contributed by atoms with E-state index >= 15 is 0 Å². The van der Waals surface area contributed by atoms with E-state index in [4.69, 9.17) is 9.47 Å². The Kier molecular flexibility index (Phi) is 7.28. The van der Waals surface area contributed by atoms with Gasteiger partial charge in [0.2, 0.25) is 0 Å². The highest BCUT2D eigenvalue weighted by Crippen LogP contribution is 2.21. The molecule has 2 aromatic rings. The van der Waals surface area contributed by atoms with Crippen molar-refractivity contribution < 1.29 is 23.5 Å². The van der Waals surface area contributed by atoms with Gasteiger partial charge in [-0.3, -0.25) is 9.59 Å². The molecule has 1 N–H and O–H groups in total. The van der Waals surface area contributed by atoms with Crippen molar-refractivity contribution in [2.75, 3.05) is 19.5 Å². The number of nitrogens with one attached hydrogen (secondary N) is 1. The van der Waals surface area contributed by atoms with Crippen LogP contribution in [0.5, 0.6) is 5.75 Å². The van der Waals surface area contributed by atoms with Crippen LogP contribution in [0.1, 0.15) is 5.56 Å². The molecule has 0 spiro atoms. The molecule has 2 rings (SSSR count). The largest absolute Gasteiger partial charge is 0.497 e. The molecule has 0 aliphatic carbocycles. The number of benzene rings is 2. The zero-order valence-electron chi connectivity index (χ0n) is 13.7. The van der Waals surface area contributed by atoms with Crippen molar-refractivity contribution in [3.63, 3.8) is 0 Å². The van der Waals surface area contributed by atoms with Gasteiger partial charge in [0.05, 0.1) is 12.9 Å². The van der Waals surface area contributed by atoms with Gasteiger partial charge in [-0.15, -0.1) is 11.8 Å². The lowest BCUT2D eigenvalue weighted by Gasteiger charge is -2.07. The van der Waals surface area contributed by atoms with E-state index in [1.165, 1.54) is 23.9 Å². The van der Waals surface area contributed by atoms with Crippen molar-refractivity contribution >= 4 is 23.6 Å². The molecule has 0 aliphatic heterocycles. The normalized spacial score (nSPS) is 10.2. The number of ether oxygens (including phenoxy) is 2. The molecule has 7 heteroatoms. The predicted octanol–water partition coefficient (Wildman–Crippen LogP) is 2.79. The summed E-state index contributed by atoms with van der Waals surface area (Å²) in [6.07, 6.45) is 0. The van der Waals surface area contributed by atoms with Crippen molar-refractivity contribution in [2.45, 2.75) is 11.4 Å². The van der Waals surface area contributed by atoms with Crippen LogP contribution >= 0.6 is 11.8 Å². The van der Waals surface area contributed by atoms with Crippen LogP contribution in [0.15, 0.2) is 53.4 Å². The summed E-state index contributed by atoms with van der Waals surface area (Å²) in [5.74, 6) is -0.370. The van der Waals surface area contributed by atoms with Crippen molar-refractivity contribution in [1.82, 2.24) is 5.32 Å². The Morgan fingerprint density at radius 3 is 2.40 bits per heavy atom. The first kappa shape index (κ1) is 18.8. The molecule has 0 aliphatic rings. The number of hydrogen-bond acceptors (Lipinski definition) is 5. The third kappa shape index (κ3) is 6.84. The molecule has 0 atom stereocenters. The molecule has 0 bridgehead atoms. The Hall–Kier alpha value is -2.54. The van der Waals surface area contributed by atoms with E-state index in [1.54, 1.807) is 31.4 Å². The third-order valence-corrected chi connectivity index (χ3v) is 4.17. The zero-order valence-corrected chi connectivity index (χ0v) is 14.5. The van der Waals surface area contributed by atoms with E-state index in [1.807, 2.05) is 12.1 Å². The van der Waals surface area contributed by atoms with Gasteiger partial charge in [-0.1, -0.05) is 12.1 Å². The van der Waals surface area contributed by atoms with Gasteiger partial charge in [-0.05, 0) is 42.0 Å². The Morgan fingerprint density at radius 2 is 1.76 bits per heavy atom. The number of rotatable bonds is 8. The first-order valence-electron chi connectivity index (χ1n) is 7.50. The van der Waals surface area contributed by atoms with E-state index in [0.717, 1.165) is 16.2 Å². The maximum absolute atomic E-state index is 12.8. The second kappa shape index (κ2) is 9.68. The van der Waals surface area contributed by atoms with Crippen LogP contribution in [0.2, 0.25) is 0 Å². The molecule has 0 heterocycles. The summed E-state index contributed by atoms with van der Waals surface area (Å²) in [7, 11) is 1.58. The molecule has 0 aromatic heterocycles. The molecule has 132 valence electrons. The number of carbonyl (C=O) groups excluding carboxylic acids is 2. The molecule has 0 unspecified atom stereocenters. The lowest BCUT2D eigenvalue weighted by molar-refractivity contribution is -0.145. The fraction of sp³-hybridized carbons (Fsp3) is 0.222. The Balaban J connectivity index is 1.64. The van der Waals surface area contributed by atoms with E-state index < -0.39 is 11.9 Å². The average molecular weight is 363 g/mol. The minimum absolute atomic E-state index is 0.109. The Labute approximate surface area is 149 Å². The number of hydrogen-bond donors (Lipinski definition) is 1. The highest BCUT2D eigenvalue weighted by molar-refractivity contribution is 8.00. The van der Waals surface area contributed by atoms with Crippen molar-refractivity contribution in [3.05, 3.63) is 59.9 Å². The van der Waals surface area contributed by atoms with Crippen LogP contribution in [-0.4, -0.2) is 31.3 Å². The van der Waals surface area contributed by atoms with Crippen LogP contribution in [0.3, 0.4) is 0 Å². The highest BCUT2D eigenvalue weighted by atomic mass is 32.2. The third-order valence-electron chi connectivity index (χ3n) is 3.18. The van der Waals surface area contributed by atoms with Gasteiger partial charge in [0.1, 0.15) is 11.6 Å². The Bertz CT molecular complexity index is 704. The minimum Gasteiger partial charge on any atom is -0.497 e. The summed E-state index contributed by atoms with van der Waals surface area (Å²) in [5.41, 5.74) is 0.760. The van der Waals surface area contributed by atoms with Gasteiger partial charge in [-0.25, -0.2) is 4.39 Å². The summed E-state index contributed by atoms with van der Waals surface area (Å²) in [6, 6.07) is 13.1. The molecule has 1 amide bonds. The van der Waals surface area contributed by atoms with E-state index in [2.05, 4.69) is 5.32 Å². The maximum Gasteiger partial charge on any atom is 0.316 e. The van der Waals surface area contributed by atoms with E-state index in [9.17, 15) is 14.0 Å². The monoisotopic (exact) mass is 363 g/mol. The average Bonchev–Trinajstić information content (AvgIpc) is 2.64. The molecule has 0 radical (unpaired) electrons. The summed E-state index contributed by atoms with van der Waals surface area (Å²) < 4.78 is 22.8. The zero-order chi connectivity index (χ0) is 18.1. The summed E-state index contributed by atoms with van der Waals surface area (Å²) in [5, 5.41) is 2.60. The van der Waals surface area contributed by atoms with Crippen molar-refractivity contribution in [1.29, 1.82) is 0 Å². The lowest BCUT2D eigenvalue weighted by atomic mass is 10.2. The van der Waals surface area contributed by atoms with Gasteiger partial charge < -0.3 is 14.8 Å². The molecule has 5 nitrogen and oxygen atoms in total. The SMILES string of the molecule is COc1ccc(SCC(=O)OCC(=O)NCc2ccc(F)cc2)cc1. The first-order chi connectivity index (χ1) is 12.1. The minimum atomic E-state index is -0.474. The topological polar surface area (TPSA) is 64.6 Å². The van der Waals surface area contributed by atoms with Crippen LogP contribution < -0.4 is 10.1 Å². The van der Waals surface area contributed by atoms with Gasteiger partial charge in [0, 0.05) is 11.4 Å². The standard InChI is InChI=1S/C18H18FNO4S/c1-23-15-6-8-16(9-7-15)25-12-18(22)24-11-17(21)20-10-13-2-4-14(19)5-3-13/h2-9H,10-12H2,1H3,(H,20,21). The number of halogens is 1. The van der Waals surface area contributed by atoms with E-state index in [0.29, 0.717) is 0 Å². The fourth-order valence-corrected chi connectivity index (χ4v) is 2.55. The Morgan fingerprint density at radius 1 is 1.08 bits per heavy atom. The van der Waals surface area contributed by atoms with Crippen LogP contribution in [0.4, 0.5) is 4.39 Å². The lowest BCUT2D eigenvalue weighted by Crippen LogP contribution is -2.28. The number of esters is 1. The molecule has 2 aromatic carbocycles. The number of methoxy groups -OCH3 is 1. The number of carbonyl (C=O) groups is 2. The van der Waals surface area contributed by atoms with Gasteiger partial charge >= 0.3 is 5.97 Å². The maximum atomic E-state index is 12.8. The molecular formula is C18H18FNO4S. The summed E-state index contributed by atoms with van der Waals surface area (Å²) in [4.78, 5) is 24.2. The smallest absolute Gasteiger partial charge is 0.316 e. The molecule has 0 fully saturated rings. The molecule has 25 heavy (non-hydrogen) atoms. The highest BCUT2D eigenvalue weighted by Gasteiger charge is 2.08. The van der Waals surface area contributed by atoms with Crippen molar-refractivity contribution in [3.8, 4) is 5.75 Å².